The Kier molecular flexibility index (Phi) is 3.57. The smallest absolute Gasteiger partial charge is 0.132 e. The van der Waals surface area contributed by atoms with Gasteiger partial charge >= 0.3 is 0 Å². The summed E-state index contributed by atoms with van der Waals surface area (Å²) in [7, 11) is 0. The van der Waals surface area contributed by atoms with Crippen molar-refractivity contribution in [3.8, 4) is 0 Å². The molecule has 0 saturated heterocycles. The van der Waals surface area contributed by atoms with Crippen LogP contribution in [0.2, 0.25) is 0 Å². The maximum absolute atomic E-state index is 4.95. The van der Waals surface area contributed by atoms with Crippen molar-refractivity contribution < 1.29 is 0 Å². The molecule has 0 bridgehead atoms. The van der Waals surface area contributed by atoms with Crippen LogP contribution in [0.15, 0.2) is 0 Å². The van der Waals surface area contributed by atoms with Crippen molar-refractivity contribution in [3.05, 3.63) is 22.8 Å². The summed E-state index contributed by atoms with van der Waals surface area (Å²) in [6, 6.07) is 0. The Morgan fingerprint density at radius 3 is 2.74 bits per heavy atom. The highest BCUT2D eigenvalue weighted by Crippen LogP contribution is 2.36. The molecule has 0 spiro atoms. The van der Waals surface area contributed by atoms with E-state index in [9.17, 15) is 0 Å². The standard InChI is InChI=1S/C16H25N3/c1-10(2)15-13-8-17-9-14(13)18-16(19-15)12-6-4-5-11(3)7-12/h10-12,17H,4-9H2,1-3H3. The van der Waals surface area contributed by atoms with Gasteiger partial charge in [-0.1, -0.05) is 33.6 Å². The van der Waals surface area contributed by atoms with Gasteiger partial charge in [0.05, 0.1) is 11.4 Å². The van der Waals surface area contributed by atoms with E-state index in [1.165, 1.54) is 42.6 Å². The Labute approximate surface area is 116 Å². The number of rotatable bonds is 2. The predicted octanol–water partition coefficient (Wildman–Crippen LogP) is 3.50. The second-order valence-electron chi connectivity index (χ2n) is 6.62. The van der Waals surface area contributed by atoms with Gasteiger partial charge in [-0.05, 0) is 24.7 Å². The van der Waals surface area contributed by atoms with Crippen LogP contribution in [-0.4, -0.2) is 9.97 Å². The molecule has 3 rings (SSSR count). The summed E-state index contributed by atoms with van der Waals surface area (Å²) >= 11 is 0. The lowest BCUT2D eigenvalue weighted by Crippen LogP contribution is -2.17. The Balaban J connectivity index is 1.96. The van der Waals surface area contributed by atoms with E-state index in [2.05, 4.69) is 26.1 Å². The molecule has 0 radical (unpaired) electrons. The number of hydrogen-bond acceptors (Lipinski definition) is 3. The van der Waals surface area contributed by atoms with Crippen LogP contribution in [0.5, 0.6) is 0 Å². The Bertz CT molecular complexity index is 467. The fourth-order valence-corrected chi connectivity index (χ4v) is 3.54. The molecule has 3 nitrogen and oxygen atoms in total. The molecule has 19 heavy (non-hydrogen) atoms. The van der Waals surface area contributed by atoms with E-state index in [1.807, 2.05) is 0 Å². The van der Waals surface area contributed by atoms with E-state index in [1.54, 1.807) is 0 Å². The molecule has 2 atom stereocenters. The Hall–Kier alpha value is -0.960. The summed E-state index contributed by atoms with van der Waals surface area (Å²) in [6.45, 7) is 8.73. The molecule has 104 valence electrons. The van der Waals surface area contributed by atoms with Gasteiger partial charge in [-0.15, -0.1) is 0 Å². The second kappa shape index (κ2) is 5.20. The van der Waals surface area contributed by atoms with Crippen molar-refractivity contribution in [2.24, 2.45) is 5.92 Å². The fraction of sp³-hybridized carbons (Fsp3) is 0.750. The van der Waals surface area contributed by atoms with Crippen LogP contribution in [0, 0.1) is 5.92 Å². The number of nitrogens with one attached hydrogen (secondary N) is 1. The minimum Gasteiger partial charge on any atom is -0.307 e. The minimum atomic E-state index is 0.497. The van der Waals surface area contributed by atoms with Gasteiger partial charge in [-0.3, -0.25) is 0 Å². The first-order valence-electron chi connectivity index (χ1n) is 7.75. The fourth-order valence-electron chi connectivity index (χ4n) is 3.54. The van der Waals surface area contributed by atoms with Gasteiger partial charge in [-0.2, -0.15) is 0 Å². The number of aromatic nitrogens is 2. The molecule has 3 heteroatoms. The lowest BCUT2D eigenvalue weighted by molar-refractivity contribution is 0.334. The third-order valence-corrected chi connectivity index (χ3v) is 4.58. The monoisotopic (exact) mass is 259 g/mol. The predicted molar refractivity (Wildman–Crippen MR) is 77.0 cm³/mol. The van der Waals surface area contributed by atoms with Crippen molar-refractivity contribution in [1.29, 1.82) is 0 Å². The number of nitrogens with zero attached hydrogens (tertiary/aromatic N) is 2. The first kappa shape index (κ1) is 13.0. The van der Waals surface area contributed by atoms with E-state index >= 15 is 0 Å². The zero-order valence-electron chi connectivity index (χ0n) is 12.4. The van der Waals surface area contributed by atoms with Crippen LogP contribution in [0.25, 0.3) is 0 Å². The third kappa shape index (κ3) is 2.53. The Morgan fingerprint density at radius 1 is 1.16 bits per heavy atom. The van der Waals surface area contributed by atoms with Crippen LogP contribution in [0.1, 0.15) is 81.1 Å². The van der Waals surface area contributed by atoms with Gasteiger partial charge in [0.25, 0.3) is 0 Å². The van der Waals surface area contributed by atoms with E-state index in [0.717, 1.165) is 24.8 Å². The van der Waals surface area contributed by atoms with Crippen molar-refractivity contribution in [3.63, 3.8) is 0 Å². The largest absolute Gasteiger partial charge is 0.307 e. The highest BCUT2D eigenvalue weighted by atomic mass is 15.0. The van der Waals surface area contributed by atoms with Crippen molar-refractivity contribution in [2.45, 2.75) is 71.4 Å². The molecule has 2 aliphatic rings. The van der Waals surface area contributed by atoms with Gasteiger partial charge in [0.2, 0.25) is 0 Å². The lowest BCUT2D eigenvalue weighted by Gasteiger charge is -2.26. The molecule has 1 saturated carbocycles. The molecule has 1 N–H and O–H groups in total. The summed E-state index contributed by atoms with van der Waals surface area (Å²) in [6.07, 6.45) is 5.25. The van der Waals surface area contributed by atoms with Gasteiger partial charge in [0.1, 0.15) is 5.82 Å². The average Bonchev–Trinajstić information content (AvgIpc) is 2.85. The highest BCUT2D eigenvalue weighted by molar-refractivity contribution is 5.31. The maximum Gasteiger partial charge on any atom is 0.132 e. The third-order valence-electron chi connectivity index (χ3n) is 4.58. The Morgan fingerprint density at radius 2 is 2.00 bits per heavy atom. The number of fused-ring (bicyclic) bond motifs is 1. The second-order valence-corrected chi connectivity index (χ2v) is 6.62. The van der Waals surface area contributed by atoms with Gasteiger partial charge in [0.15, 0.2) is 0 Å². The van der Waals surface area contributed by atoms with Crippen LogP contribution in [0.4, 0.5) is 0 Å². The summed E-state index contributed by atoms with van der Waals surface area (Å²) in [5.41, 5.74) is 3.90. The summed E-state index contributed by atoms with van der Waals surface area (Å²) < 4.78 is 0. The van der Waals surface area contributed by atoms with Crippen LogP contribution in [-0.2, 0) is 13.1 Å². The molecule has 0 amide bonds. The maximum atomic E-state index is 4.95. The van der Waals surface area contributed by atoms with E-state index in [4.69, 9.17) is 9.97 Å². The van der Waals surface area contributed by atoms with E-state index in [-0.39, 0.29) is 0 Å². The molecule has 2 unspecified atom stereocenters. The molecule has 0 aromatic carbocycles. The molecule has 1 aliphatic heterocycles. The normalized spacial score (nSPS) is 26.7. The quantitative estimate of drug-likeness (QED) is 0.883. The molecule has 2 heterocycles. The van der Waals surface area contributed by atoms with Crippen molar-refractivity contribution >= 4 is 0 Å². The van der Waals surface area contributed by atoms with Crippen molar-refractivity contribution in [2.75, 3.05) is 0 Å². The van der Waals surface area contributed by atoms with Crippen LogP contribution < -0.4 is 5.32 Å². The first-order chi connectivity index (χ1) is 9.15. The molecule has 1 aromatic heterocycles. The number of hydrogen-bond donors (Lipinski definition) is 1. The highest BCUT2D eigenvalue weighted by Gasteiger charge is 2.26. The van der Waals surface area contributed by atoms with E-state index < -0.39 is 0 Å². The molecular formula is C16H25N3. The minimum absolute atomic E-state index is 0.497. The first-order valence-corrected chi connectivity index (χ1v) is 7.75. The topological polar surface area (TPSA) is 37.8 Å². The van der Waals surface area contributed by atoms with Gasteiger partial charge < -0.3 is 5.32 Å². The summed E-state index contributed by atoms with van der Waals surface area (Å²) in [5.74, 6) is 3.04. The summed E-state index contributed by atoms with van der Waals surface area (Å²) in [4.78, 5) is 9.83. The molecule has 1 aliphatic carbocycles. The van der Waals surface area contributed by atoms with Crippen LogP contribution >= 0.6 is 0 Å². The van der Waals surface area contributed by atoms with Crippen LogP contribution in [0.3, 0.4) is 0 Å². The molecule has 1 aromatic rings. The average molecular weight is 259 g/mol. The molecular weight excluding hydrogens is 234 g/mol. The summed E-state index contributed by atoms with van der Waals surface area (Å²) in [5, 5.41) is 3.42. The zero-order chi connectivity index (χ0) is 13.4. The molecule has 1 fully saturated rings. The van der Waals surface area contributed by atoms with Gasteiger partial charge in [-0.25, -0.2) is 9.97 Å². The lowest BCUT2D eigenvalue weighted by atomic mass is 9.82. The van der Waals surface area contributed by atoms with Gasteiger partial charge in [0, 0.05) is 24.6 Å². The SMILES string of the molecule is CC1CCCC(c2nc3c(c(C(C)C)n2)CNC3)C1. The van der Waals surface area contributed by atoms with Crippen molar-refractivity contribution in [1.82, 2.24) is 15.3 Å². The zero-order valence-corrected chi connectivity index (χ0v) is 12.4. The van der Waals surface area contributed by atoms with E-state index in [0.29, 0.717) is 11.8 Å².